The van der Waals surface area contributed by atoms with E-state index in [1.807, 2.05) is 34.9 Å². The van der Waals surface area contributed by atoms with Crippen LogP contribution in [0.3, 0.4) is 0 Å². The molecule has 0 aliphatic rings. The third-order valence-electron chi connectivity index (χ3n) is 5.02. The molecule has 0 spiro atoms. The number of pyridine rings is 1. The summed E-state index contributed by atoms with van der Waals surface area (Å²) in [5, 5.41) is 5.89. The maximum atomic E-state index is 13.3. The predicted octanol–water partition coefficient (Wildman–Crippen LogP) is 6.33. The van der Waals surface area contributed by atoms with Crippen LogP contribution in [0.5, 0.6) is 0 Å². The van der Waals surface area contributed by atoms with Crippen LogP contribution in [0.15, 0.2) is 71.5 Å². The molecule has 32 heavy (non-hydrogen) atoms. The van der Waals surface area contributed by atoms with Gasteiger partial charge in [-0.3, -0.25) is 9.78 Å². The van der Waals surface area contributed by atoms with E-state index in [1.165, 1.54) is 0 Å². The van der Waals surface area contributed by atoms with Crippen molar-refractivity contribution >= 4 is 51.5 Å². The minimum absolute atomic E-state index is 0.154. The molecule has 3 aromatic heterocycles. The van der Waals surface area contributed by atoms with Crippen LogP contribution in [0.4, 0.5) is 0 Å². The zero-order chi connectivity index (χ0) is 22.2. The van der Waals surface area contributed by atoms with Gasteiger partial charge >= 0.3 is 0 Å². The summed E-state index contributed by atoms with van der Waals surface area (Å²) in [4.78, 5) is 21.6. The van der Waals surface area contributed by atoms with Gasteiger partial charge in [0.15, 0.2) is 0 Å². The minimum Gasteiger partial charge on any atom is -0.330 e. The number of carbonyl (C=O) groups excluding carboxylic acids is 1. The Balaban J connectivity index is 1.58. The van der Waals surface area contributed by atoms with E-state index in [4.69, 9.17) is 39.3 Å². The molecule has 5 rings (SSSR count). The molecule has 0 N–H and O–H groups in total. The highest BCUT2D eigenvalue weighted by molar-refractivity contribution is 6.37. The van der Waals surface area contributed by atoms with E-state index in [1.54, 1.807) is 36.7 Å². The van der Waals surface area contributed by atoms with E-state index in [0.717, 1.165) is 11.1 Å². The monoisotopic (exact) mass is 482 g/mol. The molecular formula is C23H13Cl3N4O2. The Morgan fingerprint density at radius 3 is 2.66 bits per heavy atom. The highest BCUT2D eigenvalue weighted by atomic mass is 35.5. The third kappa shape index (κ3) is 3.66. The Kier molecular flexibility index (Phi) is 5.43. The van der Waals surface area contributed by atoms with Gasteiger partial charge in [-0.2, -0.15) is 4.98 Å². The number of carbonyl (C=O) groups is 1. The van der Waals surface area contributed by atoms with Gasteiger partial charge < -0.3 is 9.09 Å². The molecule has 0 radical (unpaired) electrons. The van der Waals surface area contributed by atoms with Crippen LogP contribution < -0.4 is 0 Å². The summed E-state index contributed by atoms with van der Waals surface area (Å²) in [6.07, 6.45) is 3.23. The largest absolute Gasteiger partial charge is 0.330 e. The highest BCUT2D eigenvalue weighted by Crippen LogP contribution is 2.34. The number of nitrogens with zero attached hydrogens (tertiary/aromatic N) is 4. The van der Waals surface area contributed by atoms with Gasteiger partial charge in [-0.15, -0.1) is 0 Å². The van der Waals surface area contributed by atoms with Crippen LogP contribution >= 0.6 is 34.8 Å². The number of fused-ring (bicyclic) bond motifs is 1. The Bertz CT molecular complexity index is 1460. The standard InChI is InChI=1S/C23H13Cl3N4O2/c24-15-8-7-14(17(25)10-15)12-30-18-6-2-1-5-16(18)19(21(30)26)20(31)23-28-22(29-32-23)13-4-3-9-27-11-13/h1-11H,12H2. The molecule has 9 heteroatoms. The number of benzene rings is 2. The number of hydrogen-bond acceptors (Lipinski definition) is 5. The Morgan fingerprint density at radius 2 is 1.88 bits per heavy atom. The van der Waals surface area contributed by atoms with Crippen LogP contribution in [0.25, 0.3) is 22.3 Å². The van der Waals surface area contributed by atoms with Crippen molar-refractivity contribution in [2.45, 2.75) is 6.54 Å². The molecule has 0 aliphatic heterocycles. The van der Waals surface area contributed by atoms with E-state index in [9.17, 15) is 4.79 Å². The molecule has 0 atom stereocenters. The quantitative estimate of drug-likeness (QED) is 0.273. The van der Waals surface area contributed by atoms with Gasteiger partial charge in [0.2, 0.25) is 5.82 Å². The summed E-state index contributed by atoms with van der Waals surface area (Å²) < 4.78 is 7.07. The fourth-order valence-electron chi connectivity index (χ4n) is 3.50. The van der Waals surface area contributed by atoms with E-state index >= 15 is 0 Å². The van der Waals surface area contributed by atoms with Crippen molar-refractivity contribution in [1.82, 2.24) is 19.7 Å². The Hall–Kier alpha value is -3.19. The number of hydrogen-bond donors (Lipinski definition) is 0. The zero-order valence-corrected chi connectivity index (χ0v) is 18.6. The first-order valence-electron chi connectivity index (χ1n) is 9.52. The van der Waals surface area contributed by atoms with Gasteiger partial charge in [-0.1, -0.05) is 64.2 Å². The van der Waals surface area contributed by atoms with Crippen molar-refractivity contribution in [2.24, 2.45) is 0 Å². The summed E-state index contributed by atoms with van der Waals surface area (Å²) in [7, 11) is 0. The second-order valence-corrected chi connectivity index (χ2v) is 8.20. The number of halogens is 3. The van der Waals surface area contributed by atoms with Crippen molar-refractivity contribution in [3.05, 3.63) is 99.2 Å². The molecule has 0 amide bonds. The molecule has 0 bridgehead atoms. The summed E-state index contributed by atoms with van der Waals surface area (Å²) in [6, 6.07) is 16.2. The van der Waals surface area contributed by atoms with Crippen molar-refractivity contribution in [2.75, 3.05) is 0 Å². The minimum atomic E-state index is -0.463. The molecule has 0 saturated carbocycles. The number of aromatic nitrogens is 4. The number of rotatable bonds is 5. The van der Waals surface area contributed by atoms with Gasteiger partial charge in [0.1, 0.15) is 5.15 Å². The second kappa shape index (κ2) is 8.39. The van der Waals surface area contributed by atoms with Crippen LogP contribution in [0, 0.1) is 0 Å². The fraction of sp³-hybridized carbons (Fsp3) is 0.0435. The van der Waals surface area contributed by atoms with Crippen LogP contribution in [0.2, 0.25) is 15.2 Å². The lowest BCUT2D eigenvalue weighted by Crippen LogP contribution is -2.04. The highest BCUT2D eigenvalue weighted by Gasteiger charge is 2.27. The van der Waals surface area contributed by atoms with Crippen LogP contribution in [-0.2, 0) is 6.54 Å². The maximum Gasteiger partial charge on any atom is 0.299 e. The molecule has 0 saturated heterocycles. The Morgan fingerprint density at radius 1 is 1.03 bits per heavy atom. The van der Waals surface area contributed by atoms with E-state index in [-0.39, 0.29) is 22.4 Å². The average molecular weight is 484 g/mol. The fourth-order valence-corrected chi connectivity index (χ4v) is 4.30. The Labute approximate surface area is 197 Å². The molecule has 0 unspecified atom stereocenters. The lowest BCUT2D eigenvalue weighted by atomic mass is 10.1. The van der Waals surface area contributed by atoms with Crippen LogP contribution in [0.1, 0.15) is 21.8 Å². The first kappa shape index (κ1) is 20.7. The summed E-state index contributed by atoms with van der Waals surface area (Å²) in [6.45, 7) is 0.355. The molecule has 6 nitrogen and oxygen atoms in total. The van der Waals surface area contributed by atoms with Gasteiger partial charge in [-0.25, -0.2) is 0 Å². The van der Waals surface area contributed by atoms with Gasteiger partial charge in [0.25, 0.3) is 11.7 Å². The molecule has 2 aromatic carbocycles. The van der Waals surface area contributed by atoms with Crippen molar-refractivity contribution in [1.29, 1.82) is 0 Å². The van der Waals surface area contributed by atoms with Gasteiger partial charge in [0, 0.05) is 33.4 Å². The topological polar surface area (TPSA) is 73.8 Å². The zero-order valence-electron chi connectivity index (χ0n) is 16.3. The molecule has 0 aliphatic carbocycles. The van der Waals surface area contributed by atoms with E-state index in [0.29, 0.717) is 27.5 Å². The van der Waals surface area contributed by atoms with Gasteiger partial charge in [0.05, 0.1) is 17.6 Å². The smallest absolute Gasteiger partial charge is 0.299 e. The SMILES string of the molecule is O=C(c1nc(-c2cccnc2)no1)c1c(Cl)n(Cc2ccc(Cl)cc2Cl)c2ccccc12. The predicted molar refractivity (Wildman–Crippen MR) is 123 cm³/mol. The molecule has 158 valence electrons. The van der Waals surface area contributed by atoms with E-state index in [2.05, 4.69) is 15.1 Å². The van der Waals surface area contributed by atoms with Crippen molar-refractivity contribution < 1.29 is 9.32 Å². The number of ketones is 1. The van der Waals surface area contributed by atoms with Crippen molar-refractivity contribution in [3.8, 4) is 11.4 Å². The van der Waals surface area contributed by atoms with Crippen molar-refractivity contribution in [3.63, 3.8) is 0 Å². The molecule has 0 fully saturated rings. The molecule has 5 aromatic rings. The van der Waals surface area contributed by atoms with E-state index < -0.39 is 5.78 Å². The lowest BCUT2D eigenvalue weighted by Gasteiger charge is -2.09. The number of para-hydroxylation sites is 1. The lowest BCUT2D eigenvalue weighted by molar-refractivity contribution is 0.0995. The first-order valence-corrected chi connectivity index (χ1v) is 10.7. The maximum absolute atomic E-state index is 13.3. The molecular weight excluding hydrogens is 471 g/mol. The normalized spacial score (nSPS) is 11.2. The van der Waals surface area contributed by atoms with Crippen LogP contribution in [-0.4, -0.2) is 25.5 Å². The first-order chi connectivity index (χ1) is 15.5. The average Bonchev–Trinajstić information content (AvgIpc) is 3.40. The summed E-state index contributed by atoms with van der Waals surface area (Å²) in [5.74, 6) is -0.345. The third-order valence-corrected chi connectivity index (χ3v) is 6.00. The summed E-state index contributed by atoms with van der Waals surface area (Å²) >= 11 is 19.1. The molecule has 3 heterocycles. The summed E-state index contributed by atoms with van der Waals surface area (Å²) in [5.41, 5.74) is 2.52. The second-order valence-electron chi connectivity index (χ2n) is 7.00. The van der Waals surface area contributed by atoms with Gasteiger partial charge in [-0.05, 0) is 35.9 Å².